The van der Waals surface area contributed by atoms with E-state index in [2.05, 4.69) is 10.2 Å². The smallest absolute Gasteiger partial charge is 0.322 e. The Labute approximate surface area is 194 Å². The molecule has 3 atom stereocenters. The first-order valence-corrected chi connectivity index (χ1v) is 11.9. The van der Waals surface area contributed by atoms with Gasteiger partial charge < -0.3 is 30.2 Å². The van der Waals surface area contributed by atoms with Gasteiger partial charge in [0.05, 0.1) is 18.8 Å². The summed E-state index contributed by atoms with van der Waals surface area (Å²) in [6, 6.07) is 5.63. The van der Waals surface area contributed by atoms with Crippen LogP contribution in [0.15, 0.2) is 24.3 Å². The van der Waals surface area contributed by atoms with Crippen LogP contribution < -0.4 is 5.32 Å². The van der Waals surface area contributed by atoms with Crippen LogP contribution in [0.1, 0.15) is 32.6 Å². The molecule has 32 heavy (non-hydrogen) atoms. The molecule has 3 unspecified atom stereocenters. The van der Waals surface area contributed by atoms with Crippen LogP contribution in [-0.2, 0) is 4.79 Å². The van der Waals surface area contributed by atoms with E-state index >= 15 is 0 Å². The van der Waals surface area contributed by atoms with Crippen LogP contribution in [0.2, 0.25) is 5.02 Å². The Kier molecular flexibility index (Phi) is 6.95. The molecule has 3 amide bonds. The number of benzene rings is 1. The van der Waals surface area contributed by atoms with E-state index in [-0.39, 0.29) is 36.1 Å². The minimum Gasteiger partial charge on any atom is -0.394 e. The number of carbonyl (C=O) groups excluding carboxylic acids is 2. The number of piperazine rings is 1. The standard InChI is InChI=1S/C23H33ClN4O4/c1-16-21(31)28(12-11-27(16)22(32)25-18-4-2-3-17(24)13-18)19(15-29)5-9-26-10-8-23(6-7-23)20(30)14-26/h2-4,13,16,19-20,29-30H,5-12,14-15H2,1H3,(H,25,32). The molecule has 0 bridgehead atoms. The lowest BCUT2D eigenvalue weighted by Gasteiger charge is -2.43. The minimum absolute atomic E-state index is 0.118. The Hall–Kier alpha value is -1.87. The van der Waals surface area contributed by atoms with Crippen molar-refractivity contribution in [1.29, 1.82) is 0 Å². The highest BCUT2D eigenvalue weighted by Crippen LogP contribution is 2.53. The molecule has 3 aliphatic rings. The quantitative estimate of drug-likeness (QED) is 0.598. The van der Waals surface area contributed by atoms with E-state index < -0.39 is 6.04 Å². The van der Waals surface area contributed by atoms with Crippen LogP contribution in [0.3, 0.4) is 0 Å². The second-order valence-corrected chi connectivity index (χ2v) is 9.83. The van der Waals surface area contributed by atoms with E-state index in [9.17, 15) is 19.8 Å². The molecule has 1 aliphatic carbocycles. The highest BCUT2D eigenvalue weighted by molar-refractivity contribution is 6.30. The van der Waals surface area contributed by atoms with Crippen molar-refractivity contribution >= 4 is 29.2 Å². The first kappa shape index (κ1) is 23.3. The molecule has 9 heteroatoms. The van der Waals surface area contributed by atoms with Crippen LogP contribution in [-0.4, -0.2) is 94.4 Å². The van der Waals surface area contributed by atoms with Crippen molar-refractivity contribution in [2.24, 2.45) is 5.41 Å². The van der Waals surface area contributed by atoms with Gasteiger partial charge >= 0.3 is 6.03 Å². The second-order valence-electron chi connectivity index (χ2n) is 9.40. The fourth-order valence-electron chi connectivity index (χ4n) is 5.00. The highest BCUT2D eigenvalue weighted by atomic mass is 35.5. The number of aliphatic hydroxyl groups excluding tert-OH is 2. The van der Waals surface area contributed by atoms with E-state index in [1.165, 1.54) is 4.90 Å². The van der Waals surface area contributed by atoms with E-state index in [1.807, 2.05) is 0 Å². The van der Waals surface area contributed by atoms with Crippen molar-refractivity contribution in [3.8, 4) is 0 Å². The molecule has 1 spiro atoms. The highest BCUT2D eigenvalue weighted by Gasteiger charge is 2.51. The van der Waals surface area contributed by atoms with Gasteiger partial charge in [0.15, 0.2) is 0 Å². The summed E-state index contributed by atoms with van der Waals surface area (Å²) in [6.45, 7) is 4.72. The summed E-state index contributed by atoms with van der Waals surface area (Å²) in [5.41, 5.74) is 0.745. The minimum atomic E-state index is -0.622. The number of hydrogen-bond acceptors (Lipinski definition) is 5. The van der Waals surface area contributed by atoms with Crippen molar-refractivity contribution < 1.29 is 19.8 Å². The van der Waals surface area contributed by atoms with Crippen LogP contribution in [0.25, 0.3) is 0 Å². The lowest BCUT2D eigenvalue weighted by Crippen LogP contribution is -2.61. The number of rotatable bonds is 6. The van der Waals surface area contributed by atoms with Crippen molar-refractivity contribution in [3.05, 3.63) is 29.3 Å². The summed E-state index contributed by atoms with van der Waals surface area (Å²) < 4.78 is 0. The summed E-state index contributed by atoms with van der Waals surface area (Å²) in [4.78, 5) is 31.2. The van der Waals surface area contributed by atoms with Gasteiger partial charge in [0.2, 0.25) is 5.91 Å². The average Bonchev–Trinajstić information content (AvgIpc) is 3.55. The number of nitrogens with one attached hydrogen (secondary N) is 1. The number of halogens is 1. The number of aliphatic hydroxyl groups is 2. The summed E-state index contributed by atoms with van der Waals surface area (Å²) in [5, 5.41) is 23.7. The molecule has 2 saturated heterocycles. The third kappa shape index (κ3) is 4.88. The van der Waals surface area contributed by atoms with Crippen LogP contribution >= 0.6 is 11.6 Å². The molecule has 0 aromatic heterocycles. The molecule has 2 aliphatic heterocycles. The molecular formula is C23H33ClN4O4. The van der Waals surface area contributed by atoms with E-state index in [0.29, 0.717) is 36.8 Å². The number of hydrogen-bond donors (Lipinski definition) is 3. The normalized spacial score (nSPS) is 26.3. The maximum atomic E-state index is 13.1. The van der Waals surface area contributed by atoms with Crippen molar-refractivity contribution in [2.45, 2.75) is 50.8 Å². The van der Waals surface area contributed by atoms with Crippen LogP contribution in [0.4, 0.5) is 10.5 Å². The molecule has 3 fully saturated rings. The van der Waals surface area contributed by atoms with Gasteiger partial charge in [-0.1, -0.05) is 17.7 Å². The number of piperidine rings is 1. The monoisotopic (exact) mass is 464 g/mol. The molecular weight excluding hydrogens is 432 g/mol. The van der Waals surface area contributed by atoms with Crippen LogP contribution in [0.5, 0.6) is 0 Å². The molecule has 176 valence electrons. The molecule has 4 rings (SSSR count). The fourth-order valence-corrected chi connectivity index (χ4v) is 5.19. The Morgan fingerprint density at radius 2 is 2.06 bits per heavy atom. The lowest BCUT2D eigenvalue weighted by atomic mass is 9.90. The number of amides is 3. The predicted molar refractivity (Wildman–Crippen MR) is 123 cm³/mol. The van der Waals surface area contributed by atoms with Gasteiger partial charge in [0, 0.05) is 36.9 Å². The van der Waals surface area contributed by atoms with E-state index in [0.717, 1.165) is 32.4 Å². The number of carbonyl (C=O) groups is 2. The Bertz CT molecular complexity index is 849. The third-order valence-corrected chi connectivity index (χ3v) is 7.65. The van der Waals surface area contributed by atoms with Gasteiger partial charge in [-0.3, -0.25) is 4.79 Å². The summed E-state index contributed by atoms with van der Waals surface area (Å²) in [5.74, 6) is -0.160. The van der Waals surface area contributed by atoms with Crippen molar-refractivity contribution in [2.75, 3.05) is 44.6 Å². The number of β-amino-alcohol motifs (C(OH)–C–C–N with tert-alkyl or cyclic N) is 1. The van der Waals surface area contributed by atoms with Gasteiger partial charge in [0.1, 0.15) is 6.04 Å². The molecule has 1 aromatic carbocycles. The number of likely N-dealkylation sites (tertiary alicyclic amines) is 1. The predicted octanol–water partition coefficient (Wildman–Crippen LogP) is 2.00. The zero-order valence-corrected chi connectivity index (χ0v) is 19.3. The van der Waals surface area contributed by atoms with Crippen molar-refractivity contribution in [1.82, 2.24) is 14.7 Å². The van der Waals surface area contributed by atoms with Gasteiger partial charge in [-0.05, 0) is 62.8 Å². The first-order chi connectivity index (χ1) is 15.3. The third-order valence-electron chi connectivity index (χ3n) is 7.41. The molecule has 1 aromatic rings. The number of nitrogens with zero attached hydrogens (tertiary/aromatic N) is 3. The SMILES string of the molecule is CC1C(=O)N(C(CO)CCN2CCC3(CC3)C(O)C2)CCN1C(=O)Nc1cccc(Cl)c1. The second kappa shape index (κ2) is 9.55. The molecule has 0 radical (unpaired) electrons. The summed E-state index contributed by atoms with van der Waals surface area (Å²) >= 11 is 5.98. The largest absolute Gasteiger partial charge is 0.394 e. The number of urea groups is 1. The maximum absolute atomic E-state index is 13.1. The molecule has 1 saturated carbocycles. The number of anilines is 1. The summed E-state index contributed by atoms with van der Waals surface area (Å²) in [6.07, 6.45) is 3.65. The van der Waals surface area contributed by atoms with Gasteiger partial charge in [0.25, 0.3) is 0 Å². The summed E-state index contributed by atoms with van der Waals surface area (Å²) in [7, 11) is 0. The maximum Gasteiger partial charge on any atom is 0.322 e. The zero-order chi connectivity index (χ0) is 22.9. The Balaban J connectivity index is 1.30. The first-order valence-electron chi connectivity index (χ1n) is 11.5. The van der Waals surface area contributed by atoms with Gasteiger partial charge in [-0.25, -0.2) is 4.79 Å². The van der Waals surface area contributed by atoms with Crippen LogP contribution in [0, 0.1) is 5.41 Å². The molecule has 2 heterocycles. The van der Waals surface area contributed by atoms with Gasteiger partial charge in [-0.2, -0.15) is 0 Å². The fraction of sp³-hybridized carbons (Fsp3) is 0.652. The Morgan fingerprint density at radius 1 is 1.28 bits per heavy atom. The lowest BCUT2D eigenvalue weighted by molar-refractivity contribution is -0.143. The van der Waals surface area contributed by atoms with E-state index in [1.54, 1.807) is 36.1 Å². The Morgan fingerprint density at radius 3 is 2.72 bits per heavy atom. The van der Waals surface area contributed by atoms with Gasteiger partial charge in [-0.15, -0.1) is 0 Å². The average molecular weight is 465 g/mol. The topological polar surface area (TPSA) is 96.3 Å². The van der Waals surface area contributed by atoms with Crippen molar-refractivity contribution in [3.63, 3.8) is 0 Å². The van der Waals surface area contributed by atoms with E-state index in [4.69, 9.17) is 11.6 Å². The zero-order valence-electron chi connectivity index (χ0n) is 18.5. The molecule has 8 nitrogen and oxygen atoms in total. The molecule has 3 N–H and O–H groups in total.